The highest BCUT2D eigenvalue weighted by Gasteiger charge is 2.22. The maximum Gasteiger partial charge on any atom is 0.315 e. The average molecular weight is 372 g/mol. The van der Waals surface area contributed by atoms with Gasteiger partial charge in [-0.2, -0.15) is 0 Å². The highest BCUT2D eigenvalue weighted by atomic mass is 19.1. The lowest BCUT2D eigenvalue weighted by atomic mass is 9.95. The van der Waals surface area contributed by atoms with Crippen molar-refractivity contribution in [1.29, 1.82) is 0 Å². The van der Waals surface area contributed by atoms with Crippen LogP contribution in [0.25, 0.3) is 0 Å². The van der Waals surface area contributed by atoms with E-state index in [4.69, 9.17) is 9.47 Å². The maximum atomic E-state index is 13.1. The molecule has 0 bridgehead atoms. The second-order valence-electron chi connectivity index (χ2n) is 7.02. The number of carbonyl (C=O) groups excluding carboxylic acids is 1. The second-order valence-corrected chi connectivity index (χ2v) is 7.02. The number of benzene rings is 2. The molecule has 2 aromatic carbocycles. The van der Waals surface area contributed by atoms with Crippen LogP contribution in [-0.4, -0.2) is 19.2 Å². The third kappa shape index (κ3) is 4.70. The lowest BCUT2D eigenvalue weighted by Crippen LogP contribution is -2.40. The molecule has 0 radical (unpaired) electrons. The normalized spacial score (nSPS) is 15.1. The Bertz CT molecular complexity index is 793. The zero-order valence-electron chi connectivity index (χ0n) is 15.8. The van der Waals surface area contributed by atoms with Gasteiger partial charge in [0, 0.05) is 0 Å². The molecule has 1 heterocycles. The molecule has 144 valence electrons. The lowest BCUT2D eigenvalue weighted by Gasteiger charge is -2.26. The molecular weight excluding hydrogens is 347 g/mol. The number of hydrogen-bond acceptors (Lipinski definition) is 3. The SMILES string of the molecule is CC(C)[C@H](NC(=O)N[C@H](C)c1ccc(F)cc1)c1ccc2c(c1)OCCO2. The summed E-state index contributed by atoms with van der Waals surface area (Å²) in [7, 11) is 0. The average Bonchev–Trinajstić information content (AvgIpc) is 2.66. The molecule has 27 heavy (non-hydrogen) atoms. The van der Waals surface area contributed by atoms with Gasteiger partial charge in [-0.05, 0) is 48.2 Å². The molecule has 0 saturated carbocycles. The van der Waals surface area contributed by atoms with Gasteiger partial charge < -0.3 is 20.1 Å². The number of nitrogens with one attached hydrogen (secondary N) is 2. The van der Waals surface area contributed by atoms with Crippen molar-refractivity contribution in [3.05, 3.63) is 59.4 Å². The van der Waals surface area contributed by atoms with E-state index in [1.165, 1.54) is 12.1 Å². The van der Waals surface area contributed by atoms with E-state index in [9.17, 15) is 9.18 Å². The van der Waals surface area contributed by atoms with Crippen LogP contribution in [0.5, 0.6) is 11.5 Å². The number of amides is 2. The Balaban J connectivity index is 1.68. The van der Waals surface area contributed by atoms with Crippen molar-refractivity contribution in [2.45, 2.75) is 32.9 Å². The van der Waals surface area contributed by atoms with Crippen LogP contribution in [0.4, 0.5) is 9.18 Å². The highest BCUT2D eigenvalue weighted by Crippen LogP contribution is 2.34. The van der Waals surface area contributed by atoms with E-state index in [2.05, 4.69) is 10.6 Å². The molecule has 1 aliphatic rings. The Labute approximate surface area is 158 Å². The topological polar surface area (TPSA) is 59.6 Å². The Kier molecular flexibility index (Phi) is 5.84. The molecule has 0 aliphatic carbocycles. The zero-order valence-corrected chi connectivity index (χ0v) is 15.8. The van der Waals surface area contributed by atoms with Gasteiger partial charge in [0.15, 0.2) is 11.5 Å². The Hall–Kier alpha value is -2.76. The first-order chi connectivity index (χ1) is 12.9. The molecule has 0 fully saturated rings. The van der Waals surface area contributed by atoms with Gasteiger partial charge in [-0.3, -0.25) is 0 Å². The molecule has 0 unspecified atom stereocenters. The van der Waals surface area contributed by atoms with Crippen molar-refractivity contribution in [3.63, 3.8) is 0 Å². The van der Waals surface area contributed by atoms with E-state index in [1.807, 2.05) is 39.0 Å². The molecule has 5 nitrogen and oxygen atoms in total. The molecule has 0 aromatic heterocycles. The number of carbonyl (C=O) groups is 1. The van der Waals surface area contributed by atoms with E-state index < -0.39 is 0 Å². The van der Waals surface area contributed by atoms with Crippen molar-refractivity contribution >= 4 is 6.03 Å². The van der Waals surface area contributed by atoms with Gasteiger partial charge >= 0.3 is 6.03 Å². The van der Waals surface area contributed by atoms with Gasteiger partial charge in [0.1, 0.15) is 19.0 Å². The second kappa shape index (κ2) is 8.29. The fourth-order valence-corrected chi connectivity index (χ4v) is 3.10. The summed E-state index contributed by atoms with van der Waals surface area (Å²) in [5.41, 5.74) is 1.80. The number of rotatable bonds is 5. The molecule has 2 amide bonds. The van der Waals surface area contributed by atoms with Crippen LogP contribution in [0, 0.1) is 11.7 Å². The minimum atomic E-state index is -0.297. The van der Waals surface area contributed by atoms with E-state index in [0.29, 0.717) is 19.0 Å². The minimum Gasteiger partial charge on any atom is -0.486 e. The quantitative estimate of drug-likeness (QED) is 0.820. The minimum absolute atomic E-state index is 0.179. The van der Waals surface area contributed by atoms with E-state index in [-0.39, 0.29) is 29.8 Å². The van der Waals surface area contributed by atoms with Crippen LogP contribution in [0.1, 0.15) is 44.0 Å². The number of hydrogen-bond donors (Lipinski definition) is 2. The smallest absolute Gasteiger partial charge is 0.315 e. The molecule has 6 heteroatoms. The van der Waals surface area contributed by atoms with Crippen LogP contribution < -0.4 is 20.1 Å². The van der Waals surface area contributed by atoms with Gasteiger partial charge in [-0.1, -0.05) is 32.0 Å². The van der Waals surface area contributed by atoms with Crippen molar-refractivity contribution in [2.24, 2.45) is 5.92 Å². The number of ether oxygens (including phenoxy) is 2. The predicted octanol–water partition coefficient (Wildman–Crippen LogP) is 4.35. The molecular formula is C21H25FN2O3. The van der Waals surface area contributed by atoms with Crippen LogP contribution >= 0.6 is 0 Å². The fourth-order valence-electron chi connectivity index (χ4n) is 3.10. The lowest BCUT2D eigenvalue weighted by molar-refractivity contribution is 0.171. The highest BCUT2D eigenvalue weighted by molar-refractivity contribution is 5.75. The Morgan fingerprint density at radius 3 is 2.22 bits per heavy atom. The third-order valence-corrected chi connectivity index (χ3v) is 4.60. The Morgan fingerprint density at radius 2 is 1.56 bits per heavy atom. The number of urea groups is 1. The standard InChI is InChI=1S/C21H25FN2O3/c1-13(2)20(16-6-9-18-19(12-16)27-11-10-26-18)24-21(25)23-14(3)15-4-7-17(22)8-5-15/h4-9,12-14,20H,10-11H2,1-3H3,(H2,23,24,25)/t14-,20+/m1/s1. The Morgan fingerprint density at radius 1 is 0.926 bits per heavy atom. The number of halogens is 1. The van der Waals surface area contributed by atoms with Gasteiger partial charge in [0.05, 0.1) is 12.1 Å². The van der Waals surface area contributed by atoms with Gasteiger partial charge in [-0.25, -0.2) is 9.18 Å². The third-order valence-electron chi connectivity index (χ3n) is 4.60. The summed E-state index contributed by atoms with van der Waals surface area (Å²) >= 11 is 0. The van der Waals surface area contributed by atoms with Crippen LogP contribution in [0.3, 0.4) is 0 Å². The van der Waals surface area contributed by atoms with Crippen molar-refractivity contribution in [2.75, 3.05) is 13.2 Å². The van der Waals surface area contributed by atoms with Crippen molar-refractivity contribution < 1.29 is 18.7 Å². The van der Waals surface area contributed by atoms with E-state index in [0.717, 1.165) is 16.9 Å². The number of fused-ring (bicyclic) bond motifs is 1. The van der Waals surface area contributed by atoms with E-state index in [1.54, 1.807) is 12.1 Å². The van der Waals surface area contributed by atoms with Crippen molar-refractivity contribution in [3.8, 4) is 11.5 Å². The summed E-state index contributed by atoms with van der Waals surface area (Å²) in [6, 6.07) is 11.2. The molecule has 1 aliphatic heterocycles. The monoisotopic (exact) mass is 372 g/mol. The van der Waals surface area contributed by atoms with E-state index >= 15 is 0 Å². The summed E-state index contributed by atoms with van der Waals surface area (Å²) in [6.45, 7) is 7.02. The first kappa shape index (κ1) is 19.0. The summed E-state index contributed by atoms with van der Waals surface area (Å²) < 4.78 is 24.3. The maximum absolute atomic E-state index is 13.1. The van der Waals surface area contributed by atoms with Gasteiger partial charge in [-0.15, -0.1) is 0 Å². The zero-order chi connectivity index (χ0) is 19.4. The van der Waals surface area contributed by atoms with Crippen LogP contribution in [0.15, 0.2) is 42.5 Å². The molecule has 2 aromatic rings. The van der Waals surface area contributed by atoms with Crippen LogP contribution in [0.2, 0.25) is 0 Å². The molecule has 0 saturated heterocycles. The first-order valence-corrected chi connectivity index (χ1v) is 9.16. The summed E-state index contributed by atoms with van der Waals surface area (Å²) in [6.07, 6.45) is 0. The van der Waals surface area contributed by atoms with Crippen LogP contribution in [-0.2, 0) is 0 Å². The summed E-state index contributed by atoms with van der Waals surface area (Å²) in [5, 5.41) is 5.94. The fraction of sp³-hybridized carbons (Fsp3) is 0.381. The molecule has 2 N–H and O–H groups in total. The molecule has 2 atom stereocenters. The predicted molar refractivity (Wildman–Crippen MR) is 101 cm³/mol. The molecule has 3 rings (SSSR count). The first-order valence-electron chi connectivity index (χ1n) is 9.16. The van der Waals surface area contributed by atoms with Gasteiger partial charge in [0.25, 0.3) is 0 Å². The largest absolute Gasteiger partial charge is 0.486 e. The summed E-state index contributed by atoms with van der Waals surface area (Å²) in [5.74, 6) is 1.31. The van der Waals surface area contributed by atoms with Gasteiger partial charge in [0.2, 0.25) is 0 Å². The summed E-state index contributed by atoms with van der Waals surface area (Å²) in [4.78, 5) is 12.5. The van der Waals surface area contributed by atoms with Crippen molar-refractivity contribution in [1.82, 2.24) is 10.6 Å². The molecule has 0 spiro atoms.